The van der Waals surface area contributed by atoms with Crippen molar-refractivity contribution < 1.29 is 0 Å². The number of nitrogens with one attached hydrogen (secondary N) is 1. The molecule has 0 amide bonds. The Bertz CT molecular complexity index is 888. The molecule has 0 atom stereocenters. The third-order valence-corrected chi connectivity index (χ3v) is 6.57. The molecule has 0 bridgehead atoms. The van der Waals surface area contributed by atoms with Crippen molar-refractivity contribution in [2.45, 2.75) is 4.90 Å². The molecule has 1 aromatic heterocycles. The van der Waals surface area contributed by atoms with Crippen molar-refractivity contribution in [2.24, 2.45) is 0 Å². The van der Waals surface area contributed by atoms with Crippen molar-refractivity contribution in [3.05, 3.63) is 58.7 Å². The van der Waals surface area contributed by atoms with Gasteiger partial charge in [-0.1, -0.05) is 29.3 Å². The number of H-pyrrole nitrogens is 1. The number of hydrogen-bond acceptors (Lipinski definition) is 3. The first-order valence-electron chi connectivity index (χ1n) is 8.82. The van der Waals surface area contributed by atoms with Crippen LogP contribution in [0.3, 0.4) is 0 Å². The number of hydrogen-bond donors (Lipinski definition) is 1. The van der Waals surface area contributed by atoms with E-state index in [0.717, 1.165) is 38.5 Å². The van der Waals surface area contributed by atoms with Crippen LogP contribution in [0.25, 0.3) is 10.9 Å². The van der Waals surface area contributed by atoms with Gasteiger partial charge in [0.2, 0.25) is 0 Å². The van der Waals surface area contributed by atoms with E-state index in [4.69, 9.17) is 23.2 Å². The van der Waals surface area contributed by atoms with Gasteiger partial charge in [0, 0.05) is 66.2 Å². The van der Waals surface area contributed by atoms with E-state index in [1.165, 1.54) is 21.5 Å². The van der Waals surface area contributed by atoms with E-state index >= 15 is 0 Å². The van der Waals surface area contributed by atoms with E-state index < -0.39 is 0 Å². The van der Waals surface area contributed by atoms with Gasteiger partial charge in [0.1, 0.15) is 0 Å². The Labute approximate surface area is 168 Å². The van der Waals surface area contributed by atoms with E-state index in [-0.39, 0.29) is 0 Å². The van der Waals surface area contributed by atoms with E-state index in [1.54, 1.807) is 0 Å². The maximum atomic E-state index is 6.09. The second-order valence-electron chi connectivity index (χ2n) is 6.47. The van der Waals surface area contributed by atoms with Crippen LogP contribution in [0.1, 0.15) is 0 Å². The monoisotopic (exact) mass is 405 g/mol. The third kappa shape index (κ3) is 3.99. The Morgan fingerprint density at radius 3 is 2.62 bits per heavy atom. The van der Waals surface area contributed by atoms with E-state index in [2.05, 4.69) is 39.0 Å². The maximum Gasteiger partial charge on any atom is 0.0603 e. The molecule has 3 nitrogen and oxygen atoms in total. The molecule has 2 aromatic carbocycles. The Morgan fingerprint density at radius 1 is 0.962 bits per heavy atom. The summed E-state index contributed by atoms with van der Waals surface area (Å²) in [5, 5.41) is 2.56. The van der Waals surface area contributed by atoms with Crippen LogP contribution in [-0.4, -0.2) is 48.4 Å². The average molecular weight is 406 g/mol. The second kappa shape index (κ2) is 8.13. The fourth-order valence-corrected chi connectivity index (χ4v) is 4.73. The lowest BCUT2D eigenvalue weighted by Crippen LogP contribution is -2.47. The van der Waals surface area contributed by atoms with Gasteiger partial charge in [0.15, 0.2) is 0 Å². The van der Waals surface area contributed by atoms with Crippen molar-refractivity contribution in [3.63, 3.8) is 0 Å². The van der Waals surface area contributed by atoms with Crippen LogP contribution in [0.4, 0.5) is 5.69 Å². The van der Waals surface area contributed by atoms with E-state index in [1.807, 2.05) is 36.2 Å². The number of piperazine rings is 1. The zero-order valence-electron chi connectivity index (χ0n) is 14.4. The molecular formula is C20H21Cl2N3S. The molecule has 26 heavy (non-hydrogen) atoms. The SMILES string of the molecule is Clc1ccc(SCCN2CCN(c3cccc4[nH]ccc34)CC2)cc1Cl. The quantitative estimate of drug-likeness (QED) is 0.575. The Balaban J connectivity index is 1.28. The zero-order valence-corrected chi connectivity index (χ0v) is 16.7. The Kier molecular flexibility index (Phi) is 5.65. The van der Waals surface area contributed by atoms with Crippen LogP contribution < -0.4 is 4.90 Å². The topological polar surface area (TPSA) is 22.3 Å². The highest BCUT2D eigenvalue weighted by atomic mass is 35.5. The lowest BCUT2D eigenvalue weighted by molar-refractivity contribution is 0.273. The molecule has 1 fully saturated rings. The van der Waals surface area contributed by atoms with Gasteiger partial charge in [-0.15, -0.1) is 11.8 Å². The highest BCUT2D eigenvalue weighted by Crippen LogP contribution is 2.29. The van der Waals surface area contributed by atoms with Gasteiger partial charge < -0.3 is 9.88 Å². The summed E-state index contributed by atoms with van der Waals surface area (Å²) in [6.07, 6.45) is 2.02. The minimum Gasteiger partial charge on any atom is -0.368 e. The molecule has 0 radical (unpaired) electrons. The molecule has 6 heteroatoms. The van der Waals surface area contributed by atoms with Crippen LogP contribution in [-0.2, 0) is 0 Å². The number of nitrogens with zero attached hydrogens (tertiary/aromatic N) is 2. The van der Waals surface area contributed by atoms with E-state index in [9.17, 15) is 0 Å². The summed E-state index contributed by atoms with van der Waals surface area (Å²) in [6, 6.07) is 14.5. The largest absolute Gasteiger partial charge is 0.368 e. The number of thioether (sulfide) groups is 1. The summed E-state index contributed by atoms with van der Waals surface area (Å²) in [5.74, 6) is 1.06. The highest BCUT2D eigenvalue weighted by molar-refractivity contribution is 7.99. The van der Waals surface area contributed by atoms with Gasteiger partial charge in [-0.2, -0.15) is 0 Å². The zero-order chi connectivity index (χ0) is 17.9. The third-order valence-electron chi connectivity index (χ3n) is 4.85. The number of anilines is 1. The normalized spacial score (nSPS) is 15.7. The summed E-state index contributed by atoms with van der Waals surface area (Å²) >= 11 is 13.9. The van der Waals surface area contributed by atoms with Gasteiger partial charge in [-0.05, 0) is 36.4 Å². The van der Waals surface area contributed by atoms with Crippen molar-refractivity contribution in [2.75, 3.05) is 43.4 Å². The number of halogens is 2. The fraction of sp³-hybridized carbons (Fsp3) is 0.300. The minimum absolute atomic E-state index is 0.615. The van der Waals surface area contributed by atoms with Crippen LogP contribution in [0.2, 0.25) is 10.0 Å². The molecule has 4 rings (SSSR count). The van der Waals surface area contributed by atoms with Crippen molar-refractivity contribution >= 4 is 51.6 Å². The summed E-state index contributed by atoms with van der Waals surface area (Å²) in [5.41, 5.74) is 2.55. The van der Waals surface area contributed by atoms with Gasteiger partial charge in [0.05, 0.1) is 10.0 Å². The van der Waals surface area contributed by atoms with Crippen LogP contribution >= 0.6 is 35.0 Å². The fourth-order valence-electron chi connectivity index (χ4n) is 3.42. The first-order chi connectivity index (χ1) is 12.7. The molecule has 1 aliphatic rings. The lowest BCUT2D eigenvalue weighted by atomic mass is 10.2. The van der Waals surface area contributed by atoms with Crippen molar-refractivity contribution in [1.82, 2.24) is 9.88 Å². The van der Waals surface area contributed by atoms with Gasteiger partial charge in [-0.25, -0.2) is 0 Å². The number of rotatable bonds is 5. The van der Waals surface area contributed by atoms with Gasteiger partial charge >= 0.3 is 0 Å². The standard InChI is InChI=1S/C20H21Cl2N3S/c21-17-5-4-15(14-18(17)22)26-13-12-24-8-10-25(11-9-24)20-3-1-2-19-16(20)6-7-23-19/h1-7,14,23H,8-13H2. The first-order valence-corrected chi connectivity index (χ1v) is 10.6. The maximum absolute atomic E-state index is 6.09. The number of fused-ring (bicyclic) bond motifs is 1. The average Bonchev–Trinajstić information content (AvgIpc) is 3.14. The molecule has 0 unspecified atom stereocenters. The highest BCUT2D eigenvalue weighted by Gasteiger charge is 2.18. The Morgan fingerprint density at radius 2 is 1.81 bits per heavy atom. The van der Waals surface area contributed by atoms with Crippen molar-refractivity contribution in [3.8, 4) is 0 Å². The smallest absolute Gasteiger partial charge is 0.0603 e. The molecule has 3 aromatic rings. The molecule has 1 N–H and O–H groups in total. The molecule has 0 spiro atoms. The summed E-state index contributed by atoms with van der Waals surface area (Å²) in [4.78, 5) is 9.52. The minimum atomic E-state index is 0.615. The predicted molar refractivity (Wildman–Crippen MR) is 114 cm³/mol. The van der Waals surface area contributed by atoms with Crippen molar-refractivity contribution in [1.29, 1.82) is 0 Å². The molecule has 2 heterocycles. The number of benzene rings is 2. The van der Waals surface area contributed by atoms with Gasteiger partial charge in [-0.3, -0.25) is 4.90 Å². The van der Waals surface area contributed by atoms with E-state index in [0.29, 0.717) is 10.0 Å². The molecule has 1 saturated heterocycles. The molecule has 0 saturated carbocycles. The summed E-state index contributed by atoms with van der Waals surface area (Å²) in [6.45, 7) is 5.43. The molecular weight excluding hydrogens is 385 g/mol. The van der Waals surface area contributed by atoms with Crippen LogP contribution in [0.15, 0.2) is 53.6 Å². The number of aromatic nitrogens is 1. The second-order valence-corrected chi connectivity index (χ2v) is 8.45. The van der Waals surface area contributed by atoms with Crippen LogP contribution in [0.5, 0.6) is 0 Å². The Hall–Kier alpha value is -1.33. The molecule has 1 aliphatic heterocycles. The van der Waals surface area contributed by atoms with Gasteiger partial charge in [0.25, 0.3) is 0 Å². The predicted octanol–water partition coefficient (Wildman–Crippen LogP) is 5.39. The van der Waals surface area contributed by atoms with Crippen LogP contribution in [0, 0.1) is 0 Å². The molecule has 136 valence electrons. The number of aromatic amines is 1. The lowest BCUT2D eigenvalue weighted by Gasteiger charge is -2.36. The summed E-state index contributed by atoms with van der Waals surface area (Å²) < 4.78 is 0. The first kappa shape index (κ1) is 18.1. The summed E-state index contributed by atoms with van der Waals surface area (Å²) in [7, 11) is 0. The molecule has 0 aliphatic carbocycles.